The van der Waals surface area contributed by atoms with Gasteiger partial charge >= 0.3 is 0 Å². The van der Waals surface area contributed by atoms with E-state index < -0.39 is 0 Å². The second-order valence-electron chi connectivity index (χ2n) is 7.65. The van der Waals surface area contributed by atoms with Crippen molar-refractivity contribution in [3.8, 4) is 0 Å². The number of hydrogen-bond acceptors (Lipinski definition) is 7. The Morgan fingerprint density at radius 1 is 1.37 bits per heavy atom. The lowest BCUT2D eigenvalue weighted by molar-refractivity contribution is -0.130. The molecule has 0 bridgehead atoms. The van der Waals surface area contributed by atoms with Crippen LogP contribution < -0.4 is 4.90 Å². The first kappa shape index (κ1) is 18.2. The molecule has 0 radical (unpaired) electrons. The van der Waals surface area contributed by atoms with Crippen LogP contribution in [0.2, 0.25) is 0 Å². The van der Waals surface area contributed by atoms with E-state index in [9.17, 15) is 4.79 Å². The van der Waals surface area contributed by atoms with Crippen LogP contribution in [0.25, 0.3) is 0 Å². The first-order valence-electron chi connectivity index (χ1n) is 9.27. The van der Waals surface area contributed by atoms with E-state index in [1.54, 1.807) is 6.33 Å². The highest BCUT2D eigenvalue weighted by Crippen LogP contribution is 2.44. The van der Waals surface area contributed by atoms with E-state index in [4.69, 9.17) is 4.98 Å². The predicted octanol–water partition coefficient (Wildman–Crippen LogP) is 1.27. The molecule has 0 N–H and O–H groups in total. The minimum absolute atomic E-state index is 0.0214. The van der Waals surface area contributed by atoms with Crippen LogP contribution in [0.3, 0.4) is 0 Å². The molecule has 1 spiro atoms. The maximum atomic E-state index is 12.8. The molecule has 4 rings (SSSR count). The molecule has 1 amide bonds. The maximum Gasteiger partial charge on any atom is 0.233 e. The number of amides is 1. The molecule has 2 aromatic rings. The van der Waals surface area contributed by atoms with Crippen molar-refractivity contribution in [3.63, 3.8) is 0 Å². The van der Waals surface area contributed by atoms with E-state index in [0.717, 1.165) is 55.6 Å². The van der Waals surface area contributed by atoms with Gasteiger partial charge in [-0.25, -0.2) is 9.97 Å². The average Bonchev–Trinajstić information content (AvgIpc) is 3.23. The number of thioether (sulfide) groups is 1. The molecule has 144 valence electrons. The Labute approximate surface area is 163 Å². The van der Waals surface area contributed by atoms with Crippen molar-refractivity contribution in [3.05, 3.63) is 23.8 Å². The summed E-state index contributed by atoms with van der Waals surface area (Å²) in [5, 5.41) is 8.68. The fourth-order valence-electron chi connectivity index (χ4n) is 4.11. The van der Waals surface area contributed by atoms with Crippen molar-refractivity contribution in [2.45, 2.75) is 36.3 Å². The highest BCUT2D eigenvalue weighted by molar-refractivity contribution is 7.99. The third-order valence-electron chi connectivity index (χ3n) is 5.55. The highest BCUT2D eigenvalue weighted by atomic mass is 32.2. The number of carbonyl (C=O) groups excluding carboxylic acids is 1. The Bertz CT molecular complexity index is 848. The number of piperidine rings is 1. The zero-order valence-corrected chi connectivity index (χ0v) is 16.9. The normalized spacial score (nSPS) is 21.5. The van der Waals surface area contributed by atoms with Crippen LogP contribution in [0, 0.1) is 0 Å². The van der Waals surface area contributed by atoms with Crippen molar-refractivity contribution < 1.29 is 4.79 Å². The number of anilines is 1. The molecule has 27 heavy (non-hydrogen) atoms. The Morgan fingerprint density at radius 3 is 2.96 bits per heavy atom. The van der Waals surface area contributed by atoms with Gasteiger partial charge in [0.05, 0.1) is 11.4 Å². The third kappa shape index (κ3) is 3.40. The van der Waals surface area contributed by atoms with Crippen LogP contribution in [-0.2, 0) is 23.7 Å². The predicted molar refractivity (Wildman–Crippen MR) is 104 cm³/mol. The van der Waals surface area contributed by atoms with Gasteiger partial charge in [0, 0.05) is 45.8 Å². The largest absolute Gasteiger partial charge is 0.347 e. The highest BCUT2D eigenvalue weighted by Gasteiger charge is 2.44. The molecule has 9 heteroatoms. The molecule has 1 saturated heterocycles. The molecule has 2 aromatic heterocycles. The molecular formula is C18H25N7OS. The summed E-state index contributed by atoms with van der Waals surface area (Å²) < 4.78 is 1.84. The number of rotatable bonds is 4. The Kier molecular flexibility index (Phi) is 4.79. The van der Waals surface area contributed by atoms with Crippen LogP contribution in [0.5, 0.6) is 0 Å². The summed E-state index contributed by atoms with van der Waals surface area (Å²) in [7, 11) is 5.81. The summed E-state index contributed by atoms with van der Waals surface area (Å²) >= 11 is 1.44. The van der Waals surface area contributed by atoms with Gasteiger partial charge in [0.1, 0.15) is 6.33 Å². The standard InChI is InChI=1S/C18H25N7OS/c1-23(2)16-19-9-13-5-7-18(15(13)21-16)6-4-8-25(11-18)14(26)10-27-17-22-20-12-24(17)3/h9,12H,4-8,10-11H2,1-3H3. The van der Waals surface area contributed by atoms with Gasteiger partial charge in [-0.2, -0.15) is 0 Å². The summed E-state index contributed by atoms with van der Waals surface area (Å²) in [6.07, 6.45) is 7.77. The maximum absolute atomic E-state index is 12.8. The van der Waals surface area contributed by atoms with E-state index in [0.29, 0.717) is 5.75 Å². The van der Waals surface area contributed by atoms with Crippen molar-refractivity contribution in [1.29, 1.82) is 0 Å². The molecule has 0 saturated carbocycles. The Hall–Kier alpha value is -2.16. The van der Waals surface area contributed by atoms with Gasteiger partial charge in [0.15, 0.2) is 5.16 Å². The van der Waals surface area contributed by atoms with Crippen molar-refractivity contribution in [2.24, 2.45) is 7.05 Å². The lowest BCUT2D eigenvalue weighted by atomic mass is 9.77. The number of carbonyl (C=O) groups is 1. The van der Waals surface area contributed by atoms with Crippen molar-refractivity contribution in [2.75, 3.05) is 37.8 Å². The van der Waals surface area contributed by atoms with Crippen molar-refractivity contribution in [1.82, 2.24) is 29.6 Å². The van der Waals surface area contributed by atoms with Crippen molar-refractivity contribution >= 4 is 23.6 Å². The molecule has 1 atom stereocenters. The molecular weight excluding hydrogens is 362 g/mol. The number of aryl methyl sites for hydroxylation is 2. The molecule has 8 nitrogen and oxygen atoms in total. The van der Waals surface area contributed by atoms with E-state index >= 15 is 0 Å². The minimum Gasteiger partial charge on any atom is -0.347 e. The molecule has 3 heterocycles. The first-order valence-corrected chi connectivity index (χ1v) is 10.3. The summed E-state index contributed by atoms with van der Waals surface area (Å²) in [5.41, 5.74) is 2.37. The monoisotopic (exact) mass is 387 g/mol. The van der Waals surface area contributed by atoms with Gasteiger partial charge in [-0.3, -0.25) is 4.79 Å². The molecule has 2 aliphatic rings. The van der Waals surface area contributed by atoms with E-state index in [-0.39, 0.29) is 11.3 Å². The molecule has 1 unspecified atom stereocenters. The van der Waals surface area contributed by atoms with Crippen LogP contribution in [0.15, 0.2) is 17.7 Å². The quantitative estimate of drug-likeness (QED) is 0.731. The first-order chi connectivity index (χ1) is 13.0. The SMILES string of the molecule is CN(C)c1ncc2c(n1)C1(CCCN(C(=O)CSc3nncn3C)C1)CC2. The number of likely N-dealkylation sites (tertiary alicyclic amines) is 1. The van der Waals surface area contributed by atoms with Crippen LogP contribution in [0.1, 0.15) is 30.5 Å². The van der Waals surface area contributed by atoms with E-state index in [2.05, 4.69) is 15.2 Å². The summed E-state index contributed by atoms with van der Waals surface area (Å²) in [6.45, 7) is 1.57. The molecule has 1 aliphatic heterocycles. The second kappa shape index (κ2) is 7.10. The zero-order valence-electron chi connectivity index (χ0n) is 16.1. The molecule has 0 aromatic carbocycles. The van der Waals surface area contributed by atoms with Gasteiger partial charge in [-0.05, 0) is 31.2 Å². The Morgan fingerprint density at radius 2 is 2.22 bits per heavy atom. The van der Waals surface area contributed by atoms with Gasteiger partial charge in [-0.1, -0.05) is 11.8 Å². The lowest BCUT2D eigenvalue weighted by Crippen LogP contribution is -2.48. The summed E-state index contributed by atoms with van der Waals surface area (Å²) in [5.74, 6) is 1.30. The fraction of sp³-hybridized carbons (Fsp3) is 0.611. The van der Waals surface area contributed by atoms with Gasteiger partial charge < -0.3 is 14.4 Å². The van der Waals surface area contributed by atoms with E-state index in [1.165, 1.54) is 17.3 Å². The number of nitrogens with zero attached hydrogens (tertiary/aromatic N) is 7. The Balaban J connectivity index is 1.50. The van der Waals surface area contributed by atoms with Crippen LogP contribution in [-0.4, -0.2) is 68.5 Å². The minimum atomic E-state index is -0.0214. The second-order valence-corrected chi connectivity index (χ2v) is 8.59. The van der Waals surface area contributed by atoms with E-state index in [1.807, 2.05) is 41.7 Å². The third-order valence-corrected chi connectivity index (χ3v) is 6.57. The van der Waals surface area contributed by atoms with Gasteiger partial charge in [0.25, 0.3) is 0 Å². The zero-order chi connectivity index (χ0) is 19.0. The number of hydrogen-bond donors (Lipinski definition) is 0. The molecule has 1 aliphatic carbocycles. The summed E-state index contributed by atoms with van der Waals surface area (Å²) in [4.78, 5) is 26.1. The molecule has 1 fully saturated rings. The lowest BCUT2D eigenvalue weighted by Gasteiger charge is -2.40. The number of aromatic nitrogens is 5. The van der Waals surface area contributed by atoms with Gasteiger partial charge in [0.2, 0.25) is 11.9 Å². The summed E-state index contributed by atoms with van der Waals surface area (Å²) in [6, 6.07) is 0. The van der Waals surface area contributed by atoms with Crippen LogP contribution in [0.4, 0.5) is 5.95 Å². The van der Waals surface area contributed by atoms with Crippen LogP contribution >= 0.6 is 11.8 Å². The smallest absolute Gasteiger partial charge is 0.233 e. The van der Waals surface area contributed by atoms with Gasteiger partial charge in [-0.15, -0.1) is 10.2 Å². The topological polar surface area (TPSA) is 80.0 Å². The average molecular weight is 388 g/mol. The fourth-order valence-corrected chi connectivity index (χ4v) is 4.90. The number of fused-ring (bicyclic) bond motifs is 2.